The maximum Gasteiger partial charge on any atom is 0.339 e. The molecule has 0 aromatic heterocycles. The van der Waals surface area contributed by atoms with Crippen molar-refractivity contribution in [3.8, 4) is 0 Å². The molecule has 0 radical (unpaired) electrons. The highest BCUT2D eigenvalue weighted by atomic mass is 32.2. The van der Waals surface area contributed by atoms with Crippen molar-refractivity contribution in [2.45, 2.75) is 46.4 Å². The van der Waals surface area contributed by atoms with Crippen molar-refractivity contribution in [3.05, 3.63) is 29.3 Å². The Morgan fingerprint density at radius 2 is 1.38 bits per heavy atom. The van der Waals surface area contributed by atoms with E-state index in [0.29, 0.717) is 0 Å². The van der Waals surface area contributed by atoms with Crippen molar-refractivity contribution in [1.29, 1.82) is 0 Å². The van der Waals surface area contributed by atoms with Crippen LogP contribution in [0.25, 0.3) is 0 Å². The minimum absolute atomic E-state index is 0.0616. The molecule has 1 rings (SSSR count). The van der Waals surface area contributed by atoms with Gasteiger partial charge in [0, 0.05) is 0 Å². The summed E-state index contributed by atoms with van der Waals surface area (Å²) in [4.78, 5) is 23.6. The summed E-state index contributed by atoms with van der Waals surface area (Å²) in [6, 6.07) is 3.29. The average molecular weight is 386 g/mol. The second-order valence-corrected chi connectivity index (χ2v) is 9.85. The molecule has 0 bridgehead atoms. The van der Waals surface area contributed by atoms with Crippen molar-refractivity contribution in [2.75, 3.05) is 13.2 Å². The molecule has 0 fully saturated rings. The standard InChI is InChI=1S/C18H26O7S/c1-17(2,3)10-24-15(19)12-7-8-13(14(9-12)26(21,22)23)16(20)25-11-18(4,5)6/h7-9H,10-11H2,1-6H3,(H,21,22,23). The van der Waals surface area contributed by atoms with Crippen LogP contribution in [-0.4, -0.2) is 38.1 Å². The number of hydrogen-bond acceptors (Lipinski definition) is 6. The fourth-order valence-electron chi connectivity index (χ4n) is 1.76. The number of carbonyl (C=O) groups is 2. The lowest BCUT2D eigenvalue weighted by molar-refractivity contribution is 0.0351. The number of rotatable bonds is 5. The Balaban J connectivity index is 3.15. The molecule has 1 aromatic rings. The predicted octanol–water partition coefficient (Wildman–Crippen LogP) is 3.34. The third-order valence-electron chi connectivity index (χ3n) is 2.99. The summed E-state index contributed by atoms with van der Waals surface area (Å²) in [5, 5.41) is 0. The van der Waals surface area contributed by atoms with Crippen LogP contribution in [0.1, 0.15) is 62.3 Å². The summed E-state index contributed by atoms with van der Waals surface area (Å²) < 4.78 is 42.9. The molecule has 26 heavy (non-hydrogen) atoms. The summed E-state index contributed by atoms with van der Waals surface area (Å²) in [5.41, 5.74) is -1.01. The van der Waals surface area contributed by atoms with Crippen molar-refractivity contribution in [1.82, 2.24) is 0 Å². The van der Waals surface area contributed by atoms with E-state index in [2.05, 4.69) is 0 Å². The number of esters is 2. The SMILES string of the molecule is CC(C)(C)COC(=O)c1ccc(C(=O)OCC(C)(C)C)c(S(=O)(=O)O)c1. The maximum atomic E-state index is 12.2. The minimum Gasteiger partial charge on any atom is -0.462 e. The summed E-state index contributed by atoms with van der Waals surface area (Å²) in [6.45, 7) is 11.3. The number of carbonyl (C=O) groups excluding carboxylic acids is 2. The zero-order chi connectivity index (χ0) is 20.3. The van der Waals surface area contributed by atoms with Crippen LogP contribution in [0, 0.1) is 10.8 Å². The zero-order valence-electron chi connectivity index (χ0n) is 16.0. The van der Waals surface area contributed by atoms with Gasteiger partial charge in [0.05, 0.1) is 24.3 Å². The lowest BCUT2D eigenvalue weighted by Crippen LogP contribution is -2.21. The summed E-state index contributed by atoms with van der Waals surface area (Å²) >= 11 is 0. The van der Waals surface area contributed by atoms with Gasteiger partial charge < -0.3 is 9.47 Å². The van der Waals surface area contributed by atoms with Gasteiger partial charge in [-0.3, -0.25) is 4.55 Å². The van der Waals surface area contributed by atoms with E-state index in [1.807, 2.05) is 41.5 Å². The van der Waals surface area contributed by atoms with Gasteiger partial charge in [0.2, 0.25) is 0 Å². The summed E-state index contributed by atoms with van der Waals surface area (Å²) in [5.74, 6) is -1.65. The fourth-order valence-corrected chi connectivity index (χ4v) is 2.46. The Labute approximate surface area is 154 Å². The molecule has 0 heterocycles. The topological polar surface area (TPSA) is 107 Å². The van der Waals surface area contributed by atoms with Gasteiger partial charge >= 0.3 is 11.9 Å². The highest BCUT2D eigenvalue weighted by molar-refractivity contribution is 7.86. The van der Waals surface area contributed by atoms with E-state index in [-0.39, 0.29) is 35.2 Å². The molecule has 0 saturated heterocycles. The monoisotopic (exact) mass is 386 g/mol. The first kappa shape index (κ1) is 22.1. The molecular weight excluding hydrogens is 360 g/mol. The maximum absolute atomic E-state index is 12.2. The molecule has 0 atom stereocenters. The summed E-state index contributed by atoms with van der Waals surface area (Å²) in [7, 11) is -4.74. The van der Waals surface area contributed by atoms with E-state index in [4.69, 9.17) is 9.47 Å². The summed E-state index contributed by atoms with van der Waals surface area (Å²) in [6.07, 6.45) is 0. The molecule has 0 saturated carbocycles. The minimum atomic E-state index is -4.74. The van der Waals surface area contributed by atoms with Gasteiger partial charge in [0.15, 0.2) is 0 Å². The number of ether oxygens (including phenoxy) is 2. The van der Waals surface area contributed by atoms with E-state index < -0.39 is 27.0 Å². The second kappa shape index (κ2) is 7.75. The lowest BCUT2D eigenvalue weighted by atomic mass is 9.98. The van der Waals surface area contributed by atoms with Crippen LogP contribution in [-0.2, 0) is 19.6 Å². The molecule has 0 aliphatic rings. The van der Waals surface area contributed by atoms with Crippen LogP contribution in [0.5, 0.6) is 0 Å². The van der Waals surface area contributed by atoms with Crippen molar-refractivity contribution in [3.63, 3.8) is 0 Å². The zero-order valence-corrected chi connectivity index (χ0v) is 16.8. The average Bonchev–Trinajstić information content (AvgIpc) is 2.47. The largest absolute Gasteiger partial charge is 0.462 e. The molecule has 0 aliphatic heterocycles. The molecular formula is C18H26O7S. The molecule has 7 nitrogen and oxygen atoms in total. The van der Waals surface area contributed by atoms with Crippen LogP contribution in [0.2, 0.25) is 0 Å². The Morgan fingerprint density at radius 3 is 1.81 bits per heavy atom. The van der Waals surface area contributed by atoms with Crippen LogP contribution >= 0.6 is 0 Å². The van der Waals surface area contributed by atoms with E-state index in [0.717, 1.165) is 12.1 Å². The molecule has 0 amide bonds. The van der Waals surface area contributed by atoms with Crippen LogP contribution in [0.15, 0.2) is 23.1 Å². The predicted molar refractivity (Wildman–Crippen MR) is 95.7 cm³/mol. The number of hydrogen-bond donors (Lipinski definition) is 1. The normalized spacial score (nSPS) is 12.6. The molecule has 8 heteroatoms. The van der Waals surface area contributed by atoms with E-state index in [1.165, 1.54) is 6.07 Å². The third-order valence-corrected chi connectivity index (χ3v) is 3.88. The molecule has 146 valence electrons. The van der Waals surface area contributed by atoms with Crippen molar-refractivity contribution in [2.24, 2.45) is 10.8 Å². The molecule has 0 aliphatic carbocycles. The Kier molecular flexibility index (Phi) is 6.59. The van der Waals surface area contributed by atoms with Gasteiger partial charge in [-0.2, -0.15) is 8.42 Å². The molecule has 0 spiro atoms. The lowest BCUT2D eigenvalue weighted by Gasteiger charge is -2.19. The van der Waals surface area contributed by atoms with Gasteiger partial charge in [-0.15, -0.1) is 0 Å². The third kappa shape index (κ3) is 7.13. The number of benzene rings is 1. The first-order valence-corrected chi connectivity index (χ1v) is 9.50. The van der Waals surface area contributed by atoms with E-state index >= 15 is 0 Å². The van der Waals surface area contributed by atoms with Gasteiger partial charge in [0.1, 0.15) is 4.90 Å². The van der Waals surface area contributed by atoms with Crippen molar-refractivity contribution < 1.29 is 32.0 Å². The van der Waals surface area contributed by atoms with Gasteiger partial charge in [-0.1, -0.05) is 41.5 Å². The molecule has 0 unspecified atom stereocenters. The quantitative estimate of drug-likeness (QED) is 0.611. The molecule has 1 aromatic carbocycles. The van der Waals surface area contributed by atoms with Crippen LogP contribution in [0.4, 0.5) is 0 Å². The molecule has 1 N–H and O–H groups in total. The Morgan fingerprint density at radius 1 is 0.923 bits per heavy atom. The first-order valence-electron chi connectivity index (χ1n) is 8.06. The smallest absolute Gasteiger partial charge is 0.339 e. The fraction of sp³-hybridized carbons (Fsp3) is 0.556. The van der Waals surface area contributed by atoms with E-state index in [1.54, 1.807) is 0 Å². The van der Waals surface area contributed by atoms with Gasteiger partial charge in [-0.25, -0.2) is 9.59 Å². The Hall–Kier alpha value is -1.93. The van der Waals surface area contributed by atoms with E-state index in [9.17, 15) is 22.6 Å². The second-order valence-electron chi connectivity index (χ2n) is 8.46. The highest BCUT2D eigenvalue weighted by Gasteiger charge is 2.25. The van der Waals surface area contributed by atoms with Gasteiger partial charge in [0.25, 0.3) is 10.1 Å². The van der Waals surface area contributed by atoms with Crippen LogP contribution in [0.3, 0.4) is 0 Å². The van der Waals surface area contributed by atoms with Crippen LogP contribution < -0.4 is 0 Å². The highest BCUT2D eigenvalue weighted by Crippen LogP contribution is 2.22. The van der Waals surface area contributed by atoms with Crippen molar-refractivity contribution >= 4 is 22.1 Å². The van der Waals surface area contributed by atoms with Gasteiger partial charge in [-0.05, 0) is 29.0 Å². The first-order chi connectivity index (χ1) is 11.6. The Bertz CT molecular complexity index is 781.